The van der Waals surface area contributed by atoms with E-state index in [4.69, 9.17) is 9.31 Å². The molecule has 0 amide bonds. The van der Waals surface area contributed by atoms with Gasteiger partial charge in [0.25, 0.3) is 0 Å². The Bertz CT molecular complexity index is 671. The van der Waals surface area contributed by atoms with Gasteiger partial charge in [0.15, 0.2) is 0 Å². The molecule has 0 radical (unpaired) electrons. The number of benzene rings is 1. The molecular formula is C17H20BFN2O2. The molecule has 0 aliphatic carbocycles. The molecule has 1 fully saturated rings. The zero-order chi connectivity index (χ0) is 16.7. The lowest BCUT2D eigenvalue weighted by Crippen LogP contribution is -2.41. The highest BCUT2D eigenvalue weighted by Gasteiger charge is 2.51. The van der Waals surface area contributed by atoms with Gasteiger partial charge in [-0.15, -0.1) is 0 Å². The van der Waals surface area contributed by atoms with E-state index in [-0.39, 0.29) is 17.0 Å². The van der Waals surface area contributed by atoms with Crippen molar-refractivity contribution in [2.75, 3.05) is 5.32 Å². The lowest BCUT2D eigenvalue weighted by Gasteiger charge is -2.32. The average Bonchev–Trinajstić information content (AvgIpc) is 2.71. The first-order valence-corrected chi connectivity index (χ1v) is 7.61. The summed E-state index contributed by atoms with van der Waals surface area (Å²) in [7, 11) is -0.424. The Morgan fingerprint density at radius 1 is 0.957 bits per heavy atom. The van der Waals surface area contributed by atoms with Gasteiger partial charge in [-0.25, -0.2) is 9.37 Å². The van der Waals surface area contributed by atoms with Crippen molar-refractivity contribution in [2.24, 2.45) is 0 Å². The van der Waals surface area contributed by atoms with Crippen LogP contribution in [0.2, 0.25) is 0 Å². The quantitative estimate of drug-likeness (QED) is 0.883. The van der Waals surface area contributed by atoms with Crippen molar-refractivity contribution in [3.05, 3.63) is 48.4 Å². The maximum atomic E-state index is 12.9. The van der Waals surface area contributed by atoms with Gasteiger partial charge in [-0.05, 0) is 58.0 Å². The van der Waals surface area contributed by atoms with Crippen LogP contribution in [0.1, 0.15) is 27.7 Å². The molecule has 0 spiro atoms. The minimum atomic E-state index is -0.424. The molecule has 0 bridgehead atoms. The Morgan fingerprint density at radius 3 is 2.09 bits per heavy atom. The number of hydrogen-bond acceptors (Lipinski definition) is 4. The molecule has 4 nitrogen and oxygen atoms in total. The highest BCUT2D eigenvalue weighted by Crippen LogP contribution is 2.36. The summed E-state index contributed by atoms with van der Waals surface area (Å²) >= 11 is 0. The number of nitrogens with zero attached hydrogens (tertiary/aromatic N) is 1. The fourth-order valence-electron chi connectivity index (χ4n) is 2.28. The molecule has 2 aromatic rings. The zero-order valence-electron chi connectivity index (χ0n) is 13.8. The Balaban J connectivity index is 1.72. The first-order chi connectivity index (χ1) is 10.8. The normalized spacial score (nSPS) is 18.9. The molecule has 1 N–H and O–H groups in total. The van der Waals surface area contributed by atoms with Crippen molar-refractivity contribution in [1.29, 1.82) is 0 Å². The van der Waals surface area contributed by atoms with Crippen LogP contribution in [-0.4, -0.2) is 23.3 Å². The van der Waals surface area contributed by atoms with Crippen LogP contribution in [-0.2, 0) is 9.31 Å². The molecule has 1 aliphatic rings. The molecule has 0 atom stereocenters. The number of halogens is 1. The molecule has 1 aromatic carbocycles. The van der Waals surface area contributed by atoms with Crippen LogP contribution in [0.25, 0.3) is 0 Å². The molecule has 0 saturated carbocycles. The molecule has 6 heteroatoms. The first-order valence-electron chi connectivity index (χ1n) is 7.61. The second-order valence-corrected chi connectivity index (χ2v) is 6.70. The summed E-state index contributed by atoms with van der Waals surface area (Å²) < 4.78 is 24.9. The van der Waals surface area contributed by atoms with E-state index >= 15 is 0 Å². The van der Waals surface area contributed by atoms with Crippen molar-refractivity contribution >= 4 is 24.1 Å². The van der Waals surface area contributed by atoms with E-state index in [2.05, 4.69) is 10.3 Å². The third kappa shape index (κ3) is 3.23. The highest BCUT2D eigenvalue weighted by molar-refractivity contribution is 6.62. The van der Waals surface area contributed by atoms with Gasteiger partial charge in [0.05, 0.1) is 11.2 Å². The fourth-order valence-corrected chi connectivity index (χ4v) is 2.28. The lowest BCUT2D eigenvalue weighted by atomic mass is 9.80. The molecule has 1 aromatic heterocycles. The van der Waals surface area contributed by atoms with Crippen LogP contribution >= 0.6 is 0 Å². The Hall–Kier alpha value is -1.92. The van der Waals surface area contributed by atoms with Gasteiger partial charge in [0.1, 0.15) is 11.6 Å². The van der Waals surface area contributed by atoms with Gasteiger partial charge in [-0.1, -0.05) is 6.07 Å². The highest BCUT2D eigenvalue weighted by atomic mass is 19.1. The van der Waals surface area contributed by atoms with E-state index in [9.17, 15) is 4.39 Å². The van der Waals surface area contributed by atoms with Crippen molar-refractivity contribution < 1.29 is 13.7 Å². The molecule has 1 saturated heterocycles. The van der Waals surface area contributed by atoms with Gasteiger partial charge in [-0.3, -0.25) is 0 Å². The summed E-state index contributed by atoms with van der Waals surface area (Å²) in [5.41, 5.74) is 0.904. The largest absolute Gasteiger partial charge is 0.496 e. The van der Waals surface area contributed by atoms with E-state index in [0.717, 1.165) is 11.2 Å². The summed E-state index contributed by atoms with van der Waals surface area (Å²) in [6.45, 7) is 8.07. The van der Waals surface area contributed by atoms with Gasteiger partial charge in [0.2, 0.25) is 0 Å². The average molecular weight is 314 g/mol. The van der Waals surface area contributed by atoms with E-state index in [1.165, 1.54) is 12.1 Å². The third-order valence-electron chi connectivity index (χ3n) is 4.43. The molecule has 120 valence electrons. The van der Waals surface area contributed by atoms with Gasteiger partial charge in [0, 0.05) is 17.3 Å². The predicted octanol–water partition coefficient (Wildman–Crippen LogP) is 3.26. The monoisotopic (exact) mass is 314 g/mol. The van der Waals surface area contributed by atoms with Crippen molar-refractivity contribution in [3.63, 3.8) is 0 Å². The smallest absolute Gasteiger partial charge is 0.399 e. The van der Waals surface area contributed by atoms with Gasteiger partial charge >= 0.3 is 7.12 Å². The fraction of sp³-hybridized carbons (Fsp3) is 0.353. The minimum Gasteiger partial charge on any atom is -0.399 e. The van der Waals surface area contributed by atoms with Crippen LogP contribution in [0.15, 0.2) is 42.6 Å². The van der Waals surface area contributed by atoms with E-state index in [1.807, 2.05) is 39.8 Å². The maximum Gasteiger partial charge on any atom is 0.496 e. The lowest BCUT2D eigenvalue weighted by molar-refractivity contribution is 0.00578. The zero-order valence-corrected chi connectivity index (χ0v) is 13.8. The number of rotatable bonds is 3. The first kappa shape index (κ1) is 16.0. The summed E-state index contributed by atoms with van der Waals surface area (Å²) in [4.78, 5) is 4.37. The number of pyridine rings is 1. The Morgan fingerprint density at radius 2 is 1.57 bits per heavy atom. The third-order valence-corrected chi connectivity index (χ3v) is 4.43. The summed E-state index contributed by atoms with van der Waals surface area (Å²) in [6.07, 6.45) is 1.73. The summed E-state index contributed by atoms with van der Waals surface area (Å²) in [5, 5.41) is 3.12. The van der Waals surface area contributed by atoms with E-state index in [1.54, 1.807) is 18.3 Å². The summed E-state index contributed by atoms with van der Waals surface area (Å²) in [6, 6.07) is 9.91. The van der Waals surface area contributed by atoms with Gasteiger partial charge in [-0.2, -0.15) is 0 Å². The molecule has 1 aliphatic heterocycles. The van der Waals surface area contributed by atoms with E-state index < -0.39 is 7.12 Å². The van der Waals surface area contributed by atoms with Crippen LogP contribution in [0.3, 0.4) is 0 Å². The summed E-state index contributed by atoms with van der Waals surface area (Å²) in [5.74, 6) is 0.413. The van der Waals surface area contributed by atoms with Crippen LogP contribution in [0, 0.1) is 5.82 Å². The topological polar surface area (TPSA) is 43.4 Å². The minimum absolute atomic E-state index is 0.264. The Labute approximate surface area is 136 Å². The van der Waals surface area contributed by atoms with E-state index in [0.29, 0.717) is 5.82 Å². The predicted molar refractivity (Wildman–Crippen MR) is 89.6 cm³/mol. The van der Waals surface area contributed by atoms with Crippen LogP contribution in [0.4, 0.5) is 15.9 Å². The molecule has 23 heavy (non-hydrogen) atoms. The molecular weight excluding hydrogens is 294 g/mol. The molecule has 0 unspecified atom stereocenters. The van der Waals surface area contributed by atoms with Crippen molar-refractivity contribution in [1.82, 2.24) is 4.98 Å². The van der Waals surface area contributed by atoms with Crippen LogP contribution in [0.5, 0.6) is 0 Å². The van der Waals surface area contributed by atoms with Crippen molar-refractivity contribution in [3.8, 4) is 0 Å². The number of aromatic nitrogens is 1. The Kier molecular flexibility index (Phi) is 3.90. The van der Waals surface area contributed by atoms with Gasteiger partial charge < -0.3 is 14.6 Å². The van der Waals surface area contributed by atoms with Crippen LogP contribution < -0.4 is 10.8 Å². The second-order valence-electron chi connectivity index (χ2n) is 6.70. The molecule has 3 rings (SSSR count). The maximum absolute atomic E-state index is 12.9. The number of nitrogens with one attached hydrogen (secondary N) is 1. The molecule has 2 heterocycles. The number of hydrogen-bond donors (Lipinski definition) is 1. The van der Waals surface area contributed by atoms with Crippen molar-refractivity contribution in [2.45, 2.75) is 38.9 Å². The SMILES string of the molecule is CC1(C)OB(c2ccc(Nc3ccc(F)cc3)nc2)OC1(C)C. The number of anilines is 2. The standard InChI is InChI=1S/C17H20BFN2O2/c1-16(2)17(3,4)23-18(22-16)12-5-10-15(20-11-12)21-14-8-6-13(19)7-9-14/h5-11H,1-4H3,(H,20,21). The second kappa shape index (κ2) is 5.62.